The maximum absolute atomic E-state index is 14.0. The summed E-state index contributed by atoms with van der Waals surface area (Å²) in [7, 11) is 0. The first-order valence-corrected chi connectivity index (χ1v) is 6.36. The molecule has 1 aromatic heterocycles. The Balaban J connectivity index is 1.87. The minimum atomic E-state index is -0.403. The van der Waals surface area contributed by atoms with E-state index in [1.54, 1.807) is 18.2 Å². The van der Waals surface area contributed by atoms with Crippen molar-refractivity contribution in [2.24, 2.45) is 0 Å². The zero-order valence-electron chi connectivity index (χ0n) is 10.9. The van der Waals surface area contributed by atoms with Crippen LogP contribution in [0.1, 0.15) is 5.56 Å². The van der Waals surface area contributed by atoms with Crippen LogP contribution >= 0.6 is 0 Å². The Hall–Kier alpha value is -2.21. The summed E-state index contributed by atoms with van der Waals surface area (Å²) in [6.07, 6.45) is 1.58. The van der Waals surface area contributed by atoms with Crippen molar-refractivity contribution in [1.82, 2.24) is 10.1 Å². The third-order valence-electron chi connectivity index (χ3n) is 3.17. The van der Waals surface area contributed by atoms with Crippen LogP contribution in [0, 0.1) is 5.82 Å². The molecule has 0 aliphatic carbocycles. The highest BCUT2D eigenvalue weighted by atomic mass is 19.1. The molecule has 0 amide bonds. The highest BCUT2D eigenvalue weighted by molar-refractivity contribution is 5.59. The molecule has 0 N–H and O–H groups in total. The van der Waals surface area contributed by atoms with Crippen LogP contribution in [0.5, 0.6) is 0 Å². The van der Waals surface area contributed by atoms with Crippen LogP contribution in [-0.2, 0) is 4.74 Å². The van der Waals surface area contributed by atoms with Crippen molar-refractivity contribution in [2.45, 2.75) is 0 Å². The number of ether oxygens (including phenoxy) is 1. The Morgan fingerprint density at radius 2 is 2.10 bits per heavy atom. The average Bonchev–Trinajstić information content (AvgIpc) is 2.97. The number of benzene rings is 1. The van der Waals surface area contributed by atoms with E-state index in [2.05, 4.69) is 16.7 Å². The second kappa shape index (κ2) is 5.42. The first-order chi connectivity index (χ1) is 9.78. The van der Waals surface area contributed by atoms with Gasteiger partial charge >= 0.3 is 0 Å². The highest BCUT2D eigenvalue weighted by Crippen LogP contribution is 2.24. The van der Waals surface area contributed by atoms with Gasteiger partial charge in [-0.1, -0.05) is 18.7 Å². The molecule has 3 rings (SSSR count). The van der Waals surface area contributed by atoms with Gasteiger partial charge < -0.3 is 14.2 Å². The Kier molecular flexibility index (Phi) is 3.47. The molecule has 0 unspecified atom stereocenters. The largest absolute Gasteiger partial charge is 0.378 e. The van der Waals surface area contributed by atoms with Crippen LogP contribution in [0.15, 0.2) is 29.3 Å². The molecule has 0 spiro atoms. The third kappa shape index (κ3) is 2.42. The van der Waals surface area contributed by atoms with E-state index < -0.39 is 5.82 Å². The maximum atomic E-state index is 14.0. The number of halogens is 1. The lowest BCUT2D eigenvalue weighted by molar-refractivity contribution is 0.121. The molecule has 0 atom stereocenters. The van der Waals surface area contributed by atoms with Crippen molar-refractivity contribution in [3.8, 4) is 11.5 Å². The van der Waals surface area contributed by atoms with Gasteiger partial charge in [-0.25, -0.2) is 4.39 Å². The molecule has 6 heteroatoms. The lowest BCUT2D eigenvalue weighted by Gasteiger charge is -2.24. The number of hydrogen-bond acceptors (Lipinski definition) is 5. The van der Waals surface area contributed by atoms with Gasteiger partial charge in [0.1, 0.15) is 5.82 Å². The van der Waals surface area contributed by atoms with Crippen molar-refractivity contribution < 1.29 is 13.7 Å². The van der Waals surface area contributed by atoms with Crippen LogP contribution in [0.4, 0.5) is 10.3 Å². The van der Waals surface area contributed by atoms with Crippen LogP contribution in [0.2, 0.25) is 0 Å². The monoisotopic (exact) mass is 275 g/mol. The summed E-state index contributed by atoms with van der Waals surface area (Å²) in [6.45, 7) is 6.28. The Morgan fingerprint density at radius 3 is 2.80 bits per heavy atom. The first kappa shape index (κ1) is 12.8. The molecule has 2 aromatic rings. The van der Waals surface area contributed by atoms with Gasteiger partial charge in [0.15, 0.2) is 0 Å². The number of hydrogen-bond donors (Lipinski definition) is 0. The third-order valence-corrected chi connectivity index (χ3v) is 3.17. The fraction of sp³-hybridized carbons (Fsp3) is 0.286. The number of aromatic nitrogens is 2. The van der Waals surface area contributed by atoms with E-state index in [4.69, 9.17) is 9.26 Å². The highest BCUT2D eigenvalue weighted by Gasteiger charge is 2.19. The zero-order chi connectivity index (χ0) is 13.9. The van der Waals surface area contributed by atoms with Crippen molar-refractivity contribution in [2.75, 3.05) is 31.2 Å². The molecule has 1 fully saturated rings. The Bertz CT molecular complexity index is 621. The van der Waals surface area contributed by atoms with Gasteiger partial charge in [0.2, 0.25) is 0 Å². The molecule has 1 saturated heterocycles. The van der Waals surface area contributed by atoms with Gasteiger partial charge in [0.05, 0.1) is 18.8 Å². The van der Waals surface area contributed by atoms with Gasteiger partial charge in [-0.2, -0.15) is 4.98 Å². The average molecular weight is 275 g/mol. The summed E-state index contributed by atoms with van der Waals surface area (Å²) in [5, 5.41) is 3.90. The fourth-order valence-corrected chi connectivity index (χ4v) is 2.05. The molecule has 0 saturated carbocycles. The molecule has 0 bridgehead atoms. The van der Waals surface area contributed by atoms with Crippen LogP contribution in [0.3, 0.4) is 0 Å². The maximum Gasteiger partial charge on any atom is 0.266 e. The predicted octanol–water partition coefficient (Wildman–Crippen LogP) is 2.36. The second-order valence-corrected chi connectivity index (χ2v) is 4.44. The van der Waals surface area contributed by atoms with E-state index in [9.17, 15) is 4.39 Å². The molecule has 1 aliphatic rings. The minimum Gasteiger partial charge on any atom is -0.378 e. The molecule has 5 nitrogen and oxygen atoms in total. The summed E-state index contributed by atoms with van der Waals surface area (Å²) < 4.78 is 24.4. The molecule has 2 heterocycles. The fourth-order valence-electron chi connectivity index (χ4n) is 2.05. The Morgan fingerprint density at radius 1 is 1.30 bits per heavy atom. The second-order valence-electron chi connectivity index (χ2n) is 4.44. The van der Waals surface area contributed by atoms with Crippen molar-refractivity contribution in [3.63, 3.8) is 0 Å². The summed E-state index contributed by atoms with van der Waals surface area (Å²) in [4.78, 5) is 6.20. The molecule has 0 radical (unpaired) electrons. The van der Waals surface area contributed by atoms with E-state index in [-0.39, 0.29) is 5.89 Å². The van der Waals surface area contributed by atoms with E-state index in [1.807, 2.05) is 4.90 Å². The molecule has 1 aliphatic heterocycles. The van der Waals surface area contributed by atoms with E-state index in [0.717, 1.165) is 0 Å². The van der Waals surface area contributed by atoms with E-state index >= 15 is 0 Å². The number of anilines is 1. The summed E-state index contributed by atoms with van der Waals surface area (Å²) >= 11 is 0. The smallest absolute Gasteiger partial charge is 0.266 e. The van der Waals surface area contributed by atoms with Crippen LogP contribution < -0.4 is 4.90 Å². The lowest BCUT2D eigenvalue weighted by Crippen LogP contribution is -2.36. The molecule has 20 heavy (non-hydrogen) atoms. The van der Waals surface area contributed by atoms with Gasteiger partial charge in [0.25, 0.3) is 11.8 Å². The summed E-state index contributed by atoms with van der Waals surface area (Å²) in [6, 6.07) is 4.76. The predicted molar refractivity (Wildman–Crippen MR) is 72.8 cm³/mol. The normalized spacial score (nSPS) is 15.3. The van der Waals surface area contributed by atoms with Gasteiger partial charge in [-0.3, -0.25) is 0 Å². The van der Waals surface area contributed by atoms with Gasteiger partial charge in [-0.05, 0) is 22.9 Å². The summed E-state index contributed by atoms with van der Waals surface area (Å²) in [5.41, 5.74) is 1.00. The quantitative estimate of drug-likeness (QED) is 0.860. The molecule has 1 aromatic carbocycles. The number of morpholine rings is 1. The SMILES string of the molecule is C=Cc1ccc(-c2nc(N3CCOCC3)no2)c(F)c1. The van der Waals surface area contributed by atoms with Gasteiger partial charge in [0, 0.05) is 13.1 Å². The van der Waals surface area contributed by atoms with Crippen molar-refractivity contribution in [1.29, 1.82) is 0 Å². The minimum absolute atomic E-state index is 0.180. The lowest BCUT2D eigenvalue weighted by atomic mass is 10.1. The molecular formula is C14H14FN3O2. The Labute approximate surface area is 115 Å². The van der Waals surface area contributed by atoms with Gasteiger partial charge in [-0.15, -0.1) is 0 Å². The van der Waals surface area contributed by atoms with Crippen LogP contribution in [0.25, 0.3) is 17.5 Å². The summed E-state index contributed by atoms with van der Waals surface area (Å²) in [5.74, 6) is 0.245. The van der Waals surface area contributed by atoms with E-state index in [0.29, 0.717) is 43.4 Å². The number of rotatable bonds is 3. The topological polar surface area (TPSA) is 51.4 Å². The van der Waals surface area contributed by atoms with Crippen LogP contribution in [-0.4, -0.2) is 36.4 Å². The first-order valence-electron chi connectivity index (χ1n) is 6.36. The van der Waals surface area contributed by atoms with Crippen molar-refractivity contribution >= 4 is 12.0 Å². The number of nitrogens with zero attached hydrogens (tertiary/aromatic N) is 3. The molecule has 104 valence electrons. The van der Waals surface area contributed by atoms with E-state index in [1.165, 1.54) is 6.07 Å². The van der Waals surface area contributed by atoms with Crippen molar-refractivity contribution in [3.05, 3.63) is 36.2 Å². The zero-order valence-corrected chi connectivity index (χ0v) is 10.9. The standard InChI is InChI=1S/C14H14FN3O2/c1-2-10-3-4-11(12(15)9-10)13-16-14(17-20-13)18-5-7-19-8-6-18/h2-4,9H,1,5-8H2. The molecular weight excluding hydrogens is 261 g/mol.